The summed E-state index contributed by atoms with van der Waals surface area (Å²) < 4.78 is 0. The van der Waals surface area contributed by atoms with Gasteiger partial charge in [0, 0.05) is 13.0 Å². The second kappa shape index (κ2) is 7.90. The molecule has 2 fully saturated rings. The molecule has 0 radical (unpaired) electrons. The molecule has 0 unspecified atom stereocenters. The van der Waals surface area contributed by atoms with Crippen LogP contribution in [0.15, 0.2) is 0 Å². The number of hydrogen-bond acceptors (Lipinski definition) is 4. The van der Waals surface area contributed by atoms with E-state index in [1.807, 2.05) is 6.92 Å². The lowest BCUT2D eigenvalue weighted by Crippen LogP contribution is -2.44. The number of hydrogen-bond donors (Lipinski definition) is 2. The summed E-state index contributed by atoms with van der Waals surface area (Å²) in [6.45, 7) is 4.55. The SMILES string of the molecule is CCc1n[nH]c(CN2CCC[C@@H]2C(=O)NCC2CCCCC2)n1. The van der Waals surface area contributed by atoms with Gasteiger partial charge in [-0.2, -0.15) is 5.10 Å². The number of amides is 1. The largest absolute Gasteiger partial charge is 0.354 e. The van der Waals surface area contributed by atoms with E-state index in [1.165, 1.54) is 32.1 Å². The first-order chi connectivity index (χ1) is 11.3. The highest BCUT2D eigenvalue weighted by atomic mass is 16.2. The van der Waals surface area contributed by atoms with Crippen LogP contribution in [0.25, 0.3) is 0 Å². The molecule has 23 heavy (non-hydrogen) atoms. The van der Waals surface area contributed by atoms with Crippen molar-refractivity contribution in [3.63, 3.8) is 0 Å². The molecular formula is C17H29N5O. The Kier molecular flexibility index (Phi) is 5.65. The number of H-pyrrole nitrogens is 1. The smallest absolute Gasteiger partial charge is 0.237 e. The van der Waals surface area contributed by atoms with Crippen molar-refractivity contribution < 1.29 is 4.79 Å². The van der Waals surface area contributed by atoms with Crippen LogP contribution in [-0.4, -0.2) is 45.1 Å². The fourth-order valence-electron chi connectivity index (χ4n) is 3.82. The zero-order valence-electron chi connectivity index (χ0n) is 14.2. The first-order valence-electron chi connectivity index (χ1n) is 9.18. The average molecular weight is 319 g/mol. The quantitative estimate of drug-likeness (QED) is 0.841. The maximum atomic E-state index is 12.6. The van der Waals surface area contributed by atoms with Crippen LogP contribution in [0.5, 0.6) is 0 Å². The van der Waals surface area contributed by atoms with Crippen LogP contribution < -0.4 is 5.32 Å². The second-order valence-corrected chi connectivity index (χ2v) is 6.93. The van der Waals surface area contributed by atoms with Crippen molar-refractivity contribution in [3.8, 4) is 0 Å². The summed E-state index contributed by atoms with van der Waals surface area (Å²) in [4.78, 5) is 19.2. The Morgan fingerprint density at radius 2 is 2.09 bits per heavy atom. The lowest BCUT2D eigenvalue weighted by Gasteiger charge is -2.25. The molecule has 1 aliphatic carbocycles. The minimum atomic E-state index is -0.00577. The highest BCUT2D eigenvalue weighted by Gasteiger charge is 2.31. The first-order valence-corrected chi connectivity index (χ1v) is 9.18. The molecule has 0 aromatic carbocycles. The van der Waals surface area contributed by atoms with Crippen molar-refractivity contribution in [2.45, 2.75) is 70.9 Å². The molecule has 6 heteroatoms. The molecule has 6 nitrogen and oxygen atoms in total. The number of nitrogens with zero attached hydrogens (tertiary/aromatic N) is 3. The van der Waals surface area contributed by atoms with E-state index in [0.717, 1.165) is 44.0 Å². The van der Waals surface area contributed by atoms with Gasteiger partial charge in [-0.1, -0.05) is 26.2 Å². The van der Waals surface area contributed by atoms with Gasteiger partial charge in [-0.25, -0.2) is 4.98 Å². The van der Waals surface area contributed by atoms with Crippen molar-refractivity contribution in [1.29, 1.82) is 0 Å². The van der Waals surface area contributed by atoms with Crippen LogP contribution >= 0.6 is 0 Å². The van der Waals surface area contributed by atoms with Gasteiger partial charge >= 0.3 is 0 Å². The van der Waals surface area contributed by atoms with Gasteiger partial charge in [-0.3, -0.25) is 14.8 Å². The van der Waals surface area contributed by atoms with E-state index < -0.39 is 0 Å². The highest BCUT2D eigenvalue weighted by Crippen LogP contribution is 2.23. The molecule has 1 aromatic rings. The monoisotopic (exact) mass is 319 g/mol. The lowest BCUT2D eigenvalue weighted by atomic mass is 9.89. The lowest BCUT2D eigenvalue weighted by molar-refractivity contribution is -0.125. The Morgan fingerprint density at radius 1 is 1.26 bits per heavy atom. The van der Waals surface area contributed by atoms with E-state index in [-0.39, 0.29) is 11.9 Å². The highest BCUT2D eigenvalue weighted by molar-refractivity contribution is 5.82. The number of carbonyl (C=O) groups is 1. The molecule has 0 spiro atoms. The van der Waals surface area contributed by atoms with E-state index in [4.69, 9.17) is 0 Å². The third-order valence-corrected chi connectivity index (χ3v) is 5.20. The van der Waals surface area contributed by atoms with Crippen LogP contribution in [0.4, 0.5) is 0 Å². The minimum absolute atomic E-state index is 0.00577. The van der Waals surface area contributed by atoms with Gasteiger partial charge in [0.25, 0.3) is 0 Å². The van der Waals surface area contributed by atoms with Crippen LogP contribution in [0.2, 0.25) is 0 Å². The molecule has 0 bridgehead atoms. The third kappa shape index (κ3) is 4.31. The van der Waals surface area contributed by atoms with Crippen molar-refractivity contribution in [2.75, 3.05) is 13.1 Å². The summed E-state index contributed by atoms with van der Waals surface area (Å²) in [7, 11) is 0. The predicted molar refractivity (Wildman–Crippen MR) is 88.8 cm³/mol. The predicted octanol–water partition coefficient (Wildman–Crippen LogP) is 2.03. The fourth-order valence-corrected chi connectivity index (χ4v) is 3.82. The molecule has 1 saturated heterocycles. The molecule has 1 saturated carbocycles. The van der Waals surface area contributed by atoms with Gasteiger partial charge in [0.1, 0.15) is 11.6 Å². The molecule has 2 N–H and O–H groups in total. The van der Waals surface area contributed by atoms with Gasteiger partial charge in [0.2, 0.25) is 5.91 Å². The van der Waals surface area contributed by atoms with Gasteiger partial charge in [0.15, 0.2) is 0 Å². The summed E-state index contributed by atoms with van der Waals surface area (Å²) in [6, 6.07) is -0.00577. The van der Waals surface area contributed by atoms with E-state index in [9.17, 15) is 4.79 Å². The minimum Gasteiger partial charge on any atom is -0.354 e. The van der Waals surface area contributed by atoms with Crippen LogP contribution in [0.1, 0.15) is 63.5 Å². The third-order valence-electron chi connectivity index (χ3n) is 5.20. The van der Waals surface area contributed by atoms with Gasteiger partial charge in [-0.15, -0.1) is 0 Å². The summed E-state index contributed by atoms with van der Waals surface area (Å²) >= 11 is 0. The first kappa shape index (κ1) is 16.4. The maximum Gasteiger partial charge on any atom is 0.237 e. The number of nitrogens with one attached hydrogen (secondary N) is 2. The van der Waals surface area contributed by atoms with E-state index in [1.54, 1.807) is 0 Å². The number of likely N-dealkylation sites (tertiary alicyclic amines) is 1. The van der Waals surface area contributed by atoms with Crippen molar-refractivity contribution in [2.24, 2.45) is 5.92 Å². The molecule has 3 rings (SSSR count). The second-order valence-electron chi connectivity index (χ2n) is 6.93. The molecular weight excluding hydrogens is 290 g/mol. The van der Waals surface area contributed by atoms with E-state index >= 15 is 0 Å². The number of aromatic nitrogens is 3. The summed E-state index contributed by atoms with van der Waals surface area (Å²) in [5.74, 6) is 2.60. The Labute approximate surface area is 138 Å². The zero-order valence-corrected chi connectivity index (χ0v) is 14.2. The van der Waals surface area contributed by atoms with E-state index in [2.05, 4.69) is 25.4 Å². The number of aromatic amines is 1. The van der Waals surface area contributed by atoms with Crippen LogP contribution in [0, 0.1) is 5.92 Å². The van der Waals surface area contributed by atoms with Crippen LogP contribution in [0.3, 0.4) is 0 Å². The van der Waals surface area contributed by atoms with E-state index in [0.29, 0.717) is 12.5 Å². The summed E-state index contributed by atoms with van der Waals surface area (Å²) in [5.41, 5.74) is 0. The molecule has 2 heterocycles. The topological polar surface area (TPSA) is 73.9 Å². The molecule has 1 atom stereocenters. The Hall–Kier alpha value is -1.43. The van der Waals surface area contributed by atoms with Crippen LogP contribution in [-0.2, 0) is 17.8 Å². The number of aryl methyl sites for hydroxylation is 1. The van der Waals surface area contributed by atoms with Crippen molar-refractivity contribution in [3.05, 3.63) is 11.6 Å². The van der Waals surface area contributed by atoms with Gasteiger partial charge < -0.3 is 5.32 Å². The summed E-state index contributed by atoms with van der Waals surface area (Å²) in [5, 5.41) is 10.4. The molecule has 1 aromatic heterocycles. The average Bonchev–Trinajstić information content (AvgIpc) is 3.23. The Balaban J connectivity index is 1.49. The summed E-state index contributed by atoms with van der Waals surface area (Å²) in [6.07, 6.45) is 9.41. The molecule has 1 amide bonds. The van der Waals surface area contributed by atoms with Crippen molar-refractivity contribution >= 4 is 5.91 Å². The number of carbonyl (C=O) groups excluding carboxylic acids is 1. The maximum absolute atomic E-state index is 12.6. The number of rotatable bonds is 6. The van der Waals surface area contributed by atoms with Gasteiger partial charge in [-0.05, 0) is 38.1 Å². The normalized spacial score (nSPS) is 23.3. The van der Waals surface area contributed by atoms with Gasteiger partial charge in [0.05, 0.1) is 12.6 Å². The molecule has 1 aliphatic heterocycles. The fraction of sp³-hybridized carbons (Fsp3) is 0.824. The standard InChI is InChI=1S/C17H29N5O/c1-2-15-19-16(21-20-15)12-22-10-6-9-14(22)17(23)18-11-13-7-4-3-5-8-13/h13-14H,2-12H2,1H3,(H,18,23)(H,19,20,21)/t14-/m1/s1. The Morgan fingerprint density at radius 3 is 2.83 bits per heavy atom. The Bertz CT molecular complexity index is 509. The van der Waals surface area contributed by atoms with Crippen molar-refractivity contribution in [1.82, 2.24) is 25.4 Å². The molecule has 128 valence electrons. The zero-order chi connectivity index (χ0) is 16.1. The molecule has 2 aliphatic rings.